The quantitative estimate of drug-likeness (QED) is 0.329. The van der Waals surface area contributed by atoms with Gasteiger partial charge < -0.3 is 0 Å². The molecule has 0 saturated carbocycles. The Morgan fingerprint density at radius 3 is 0.821 bits per heavy atom. The fourth-order valence-corrected chi connectivity index (χ4v) is 5.49. The zero-order valence-electron chi connectivity index (χ0n) is 15.7. The van der Waals surface area contributed by atoms with E-state index in [1.807, 2.05) is 0 Å². The van der Waals surface area contributed by atoms with E-state index in [1.165, 1.54) is 49.7 Å². The van der Waals surface area contributed by atoms with E-state index in [0.717, 1.165) is 0 Å². The van der Waals surface area contributed by atoms with Gasteiger partial charge in [0.2, 0.25) is 0 Å². The van der Waals surface area contributed by atoms with Crippen molar-refractivity contribution >= 4 is 3.21 Å². The van der Waals surface area contributed by atoms with Crippen LogP contribution in [0.2, 0.25) is 0 Å². The molecule has 0 unspecified atom stereocenters. The van der Waals surface area contributed by atoms with Crippen LogP contribution in [-0.4, -0.2) is 3.21 Å². The third-order valence-corrected chi connectivity index (χ3v) is 6.57. The van der Waals surface area contributed by atoms with Crippen molar-refractivity contribution in [3.8, 4) is 0 Å². The van der Waals surface area contributed by atoms with Gasteiger partial charge in [0.25, 0.3) is 0 Å². The van der Waals surface area contributed by atoms with Crippen molar-refractivity contribution in [2.24, 2.45) is 0 Å². The van der Waals surface area contributed by atoms with E-state index >= 15 is 0 Å². The molecule has 0 amide bonds. The minimum absolute atomic E-state index is 0.283. The Bertz CT molecular complexity index is 845. The zero-order valence-corrected chi connectivity index (χ0v) is 18.2. The molecule has 0 aromatic heterocycles. The molecule has 4 aromatic rings. The Morgan fingerprint density at radius 1 is 0.393 bits per heavy atom. The van der Waals surface area contributed by atoms with Crippen LogP contribution in [0, 0.1) is 0 Å². The summed E-state index contributed by atoms with van der Waals surface area (Å²) in [6.45, 7) is 0. The molecule has 132 valence electrons. The molecule has 28 heavy (non-hydrogen) atoms. The molecule has 4 aromatic carbocycles. The molecular formula is C27H22Zr+2. The van der Waals surface area contributed by atoms with Gasteiger partial charge in [-0.25, -0.2) is 0 Å². The molecule has 0 bridgehead atoms. The first-order valence-electron chi connectivity index (χ1n) is 9.62. The molecule has 0 aliphatic carbocycles. The summed E-state index contributed by atoms with van der Waals surface area (Å²) in [6, 6.07) is 43.6. The second-order valence-electron chi connectivity index (χ2n) is 6.96. The molecule has 0 radical (unpaired) electrons. The first-order valence-corrected chi connectivity index (χ1v) is 10.9. The Labute approximate surface area is 182 Å². The van der Waals surface area contributed by atoms with E-state index in [0.29, 0.717) is 0 Å². The number of hydrogen-bond acceptors (Lipinski definition) is 0. The summed E-state index contributed by atoms with van der Waals surface area (Å²) < 4.78 is 1.53. The molecule has 0 aliphatic rings. The summed E-state index contributed by atoms with van der Waals surface area (Å²) in [5.74, 6) is 0.567. The molecule has 0 N–H and O–H groups in total. The van der Waals surface area contributed by atoms with E-state index in [4.69, 9.17) is 0 Å². The monoisotopic (exact) mass is 436 g/mol. The molecule has 0 aliphatic heterocycles. The van der Waals surface area contributed by atoms with Gasteiger partial charge in [0.05, 0.1) is 0 Å². The fourth-order valence-electron chi connectivity index (χ4n) is 3.85. The van der Waals surface area contributed by atoms with Crippen LogP contribution in [0.3, 0.4) is 0 Å². The molecule has 0 atom stereocenters. The van der Waals surface area contributed by atoms with Gasteiger partial charge in [-0.1, -0.05) is 0 Å². The third kappa shape index (κ3) is 4.21. The molecule has 0 nitrogen and oxygen atoms in total. The zero-order chi connectivity index (χ0) is 19.2. The van der Waals surface area contributed by atoms with Crippen molar-refractivity contribution < 1.29 is 24.2 Å². The van der Waals surface area contributed by atoms with Gasteiger partial charge in [0.1, 0.15) is 0 Å². The average Bonchev–Trinajstić information content (AvgIpc) is 2.77. The van der Waals surface area contributed by atoms with Gasteiger partial charge in [0.15, 0.2) is 0 Å². The van der Waals surface area contributed by atoms with Crippen LogP contribution in [0.1, 0.15) is 34.1 Å². The summed E-state index contributed by atoms with van der Waals surface area (Å²) in [7, 11) is 0. The van der Waals surface area contributed by atoms with Crippen molar-refractivity contribution in [2.45, 2.75) is 11.8 Å². The van der Waals surface area contributed by atoms with Crippen LogP contribution in [0.5, 0.6) is 0 Å². The number of hydrogen-bond donors (Lipinski definition) is 0. The van der Waals surface area contributed by atoms with Crippen molar-refractivity contribution in [2.75, 3.05) is 0 Å². The number of benzene rings is 4. The molecule has 0 saturated heterocycles. The van der Waals surface area contributed by atoms with Crippen LogP contribution in [0.25, 0.3) is 0 Å². The van der Waals surface area contributed by atoms with E-state index in [1.54, 1.807) is 0 Å². The van der Waals surface area contributed by atoms with Crippen LogP contribution in [-0.2, 0) is 24.2 Å². The first kappa shape index (κ1) is 19.0. The SMILES string of the molecule is [Zr+2]=[C](C(c1ccccc1)c1ccccc1)C(c1ccccc1)c1ccccc1. The van der Waals surface area contributed by atoms with Gasteiger partial charge in [-0.2, -0.15) is 0 Å². The van der Waals surface area contributed by atoms with Crippen LogP contribution >= 0.6 is 0 Å². The van der Waals surface area contributed by atoms with Crippen molar-refractivity contribution in [1.82, 2.24) is 0 Å². The Kier molecular flexibility index (Phi) is 6.25. The molecule has 0 fully saturated rings. The van der Waals surface area contributed by atoms with Crippen LogP contribution < -0.4 is 0 Å². The number of rotatable bonds is 6. The van der Waals surface area contributed by atoms with Gasteiger partial charge in [-0.05, 0) is 0 Å². The van der Waals surface area contributed by atoms with Crippen LogP contribution in [0.15, 0.2) is 121 Å². The van der Waals surface area contributed by atoms with Gasteiger partial charge in [-0.15, -0.1) is 0 Å². The van der Waals surface area contributed by atoms with E-state index < -0.39 is 0 Å². The van der Waals surface area contributed by atoms with E-state index in [2.05, 4.69) is 121 Å². The second kappa shape index (κ2) is 9.22. The maximum atomic E-state index is 2.26. The molecular weight excluding hydrogens is 416 g/mol. The molecule has 1 heteroatoms. The summed E-state index contributed by atoms with van der Waals surface area (Å²) in [5.41, 5.74) is 5.43. The summed E-state index contributed by atoms with van der Waals surface area (Å²) in [5, 5.41) is 0. The minimum atomic E-state index is 0.283. The first-order chi connectivity index (χ1) is 13.8. The van der Waals surface area contributed by atoms with Gasteiger partial charge in [-0.3, -0.25) is 0 Å². The van der Waals surface area contributed by atoms with E-state index in [9.17, 15) is 0 Å². The molecule has 0 heterocycles. The third-order valence-electron chi connectivity index (χ3n) is 5.15. The maximum absolute atomic E-state index is 2.26. The van der Waals surface area contributed by atoms with Crippen molar-refractivity contribution in [3.63, 3.8) is 0 Å². The van der Waals surface area contributed by atoms with E-state index in [-0.39, 0.29) is 11.8 Å². The summed E-state index contributed by atoms with van der Waals surface area (Å²) >= 11 is 1.47. The van der Waals surface area contributed by atoms with Gasteiger partial charge in [0, 0.05) is 0 Å². The average molecular weight is 438 g/mol. The summed E-state index contributed by atoms with van der Waals surface area (Å²) in [6.07, 6.45) is 0. The van der Waals surface area contributed by atoms with Crippen LogP contribution in [0.4, 0.5) is 0 Å². The Morgan fingerprint density at radius 2 is 0.607 bits per heavy atom. The Hall–Kier alpha value is -2.37. The summed E-state index contributed by atoms with van der Waals surface area (Å²) in [4.78, 5) is 0. The predicted molar refractivity (Wildman–Crippen MR) is 114 cm³/mol. The normalized spacial score (nSPS) is 11.0. The fraction of sp³-hybridized carbons (Fsp3) is 0.0741. The van der Waals surface area contributed by atoms with Gasteiger partial charge >= 0.3 is 183 Å². The Balaban J connectivity index is 1.85. The van der Waals surface area contributed by atoms with Crippen molar-refractivity contribution in [3.05, 3.63) is 144 Å². The molecule has 4 rings (SSSR count). The molecule has 0 spiro atoms. The predicted octanol–water partition coefficient (Wildman–Crippen LogP) is 6.37. The standard InChI is InChI=1S/C27H22.Zr/c1-5-13-22(14-6-1)26(23-15-7-2-8-16-23)21-27(24-17-9-3-10-18-24)25-19-11-4-12-20-25;/h1-20,26-27H;/q;+2. The van der Waals surface area contributed by atoms with Crippen molar-refractivity contribution in [1.29, 1.82) is 0 Å². The topological polar surface area (TPSA) is 0 Å². The second-order valence-corrected chi connectivity index (χ2v) is 8.38.